The maximum absolute atomic E-state index is 12.1. The maximum Gasteiger partial charge on any atom is 0.330 e. The van der Waals surface area contributed by atoms with E-state index in [9.17, 15) is 18.4 Å². The number of alkyl halides is 2. The molecule has 0 aromatic carbocycles. The van der Waals surface area contributed by atoms with Gasteiger partial charge in [-0.3, -0.25) is 14.3 Å². The van der Waals surface area contributed by atoms with Gasteiger partial charge >= 0.3 is 5.69 Å². The molecule has 7 nitrogen and oxygen atoms in total. The highest BCUT2D eigenvalue weighted by molar-refractivity contribution is 5.60. The summed E-state index contributed by atoms with van der Waals surface area (Å²) in [5.41, 5.74) is 3.97. The van der Waals surface area contributed by atoms with E-state index in [1.165, 1.54) is 0 Å². The van der Waals surface area contributed by atoms with Crippen LogP contribution >= 0.6 is 0 Å². The van der Waals surface area contributed by atoms with Crippen LogP contribution in [0.15, 0.2) is 9.59 Å². The Morgan fingerprint density at radius 2 is 2.11 bits per heavy atom. The second-order valence-corrected chi connectivity index (χ2v) is 3.95. The molecule has 0 aliphatic rings. The lowest BCUT2D eigenvalue weighted by Crippen LogP contribution is -2.36. The Labute approximate surface area is 107 Å². The van der Waals surface area contributed by atoms with Gasteiger partial charge in [-0.15, -0.1) is 0 Å². The predicted octanol–water partition coefficient (Wildman–Crippen LogP) is -0.433. The van der Waals surface area contributed by atoms with E-state index in [0.29, 0.717) is 6.42 Å². The summed E-state index contributed by atoms with van der Waals surface area (Å²) in [6, 6.07) is 0. The number of H-pyrrole nitrogens is 1. The van der Waals surface area contributed by atoms with E-state index in [1.54, 1.807) is 0 Å². The van der Waals surface area contributed by atoms with Crippen molar-refractivity contribution in [2.45, 2.75) is 32.4 Å². The van der Waals surface area contributed by atoms with E-state index >= 15 is 0 Å². The zero-order valence-electron chi connectivity index (χ0n) is 10.3. The molecule has 0 fully saturated rings. The molecule has 1 aromatic heterocycles. The van der Waals surface area contributed by atoms with Crippen molar-refractivity contribution in [3.8, 4) is 0 Å². The zero-order valence-corrected chi connectivity index (χ0v) is 10.3. The maximum atomic E-state index is 12.1. The fourth-order valence-corrected chi connectivity index (χ4v) is 1.50. The molecule has 1 rings (SSSR count). The van der Waals surface area contributed by atoms with Crippen LogP contribution < -0.4 is 22.3 Å². The van der Waals surface area contributed by atoms with Crippen molar-refractivity contribution in [2.24, 2.45) is 0 Å². The zero-order chi connectivity index (χ0) is 14.6. The van der Waals surface area contributed by atoms with Gasteiger partial charge in [-0.1, -0.05) is 6.92 Å². The highest BCUT2D eigenvalue weighted by atomic mass is 19.3. The molecule has 1 unspecified atom stereocenters. The van der Waals surface area contributed by atoms with E-state index in [0.717, 1.165) is 4.57 Å². The highest BCUT2D eigenvalue weighted by Crippen LogP contribution is 2.11. The first kappa shape index (κ1) is 15.2. The second kappa shape index (κ2) is 6.32. The molecule has 1 heterocycles. The predicted molar refractivity (Wildman–Crippen MR) is 66.5 cm³/mol. The van der Waals surface area contributed by atoms with Gasteiger partial charge in [-0.2, -0.15) is 0 Å². The van der Waals surface area contributed by atoms with Gasteiger partial charge in [0.05, 0.1) is 0 Å². The van der Waals surface area contributed by atoms with Crippen molar-refractivity contribution in [2.75, 3.05) is 17.6 Å². The van der Waals surface area contributed by atoms with Crippen molar-refractivity contribution < 1.29 is 13.9 Å². The second-order valence-electron chi connectivity index (χ2n) is 3.95. The minimum absolute atomic E-state index is 0.142. The number of nitrogens with two attached hydrogens (primary N) is 1. The number of hydrogen-bond acceptors (Lipinski definition) is 5. The molecular weight excluding hydrogens is 262 g/mol. The molecule has 108 valence electrons. The number of nitrogens with one attached hydrogen (secondary N) is 2. The molecule has 0 aliphatic heterocycles. The van der Waals surface area contributed by atoms with Crippen LogP contribution in [-0.4, -0.2) is 33.7 Å². The Balaban J connectivity index is 3.04. The van der Waals surface area contributed by atoms with Crippen molar-refractivity contribution in [3.63, 3.8) is 0 Å². The van der Waals surface area contributed by atoms with E-state index in [1.807, 2.05) is 11.9 Å². The summed E-state index contributed by atoms with van der Waals surface area (Å²) >= 11 is 0. The third-order valence-electron chi connectivity index (χ3n) is 2.47. The molecule has 0 spiro atoms. The normalized spacial score (nSPS) is 12.7. The number of anilines is 2. The average Bonchev–Trinajstić information content (AvgIpc) is 2.33. The third-order valence-corrected chi connectivity index (χ3v) is 2.47. The molecule has 0 bridgehead atoms. The molecule has 1 aromatic rings. The van der Waals surface area contributed by atoms with E-state index in [2.05, 4.69) is 5.32 Å². The summed E-state index contributed by atoms with van der Waals surface area (Å²) in [4.78, 5) is 25.0. The van der Waals surface area contributed by atoms with Crippen molar-refractivity contribution in [3.05, 3.63) is 20.8 Å². The lowest BCUT2D eigenvalue weighted by atomic mass is 10.3. The first-order valence-corrected chi connectivity index (χ1v) is 5.71. The van der Waals surface area contributed by atoms with Crippen LogP contribution in [-0.2, 0) is 6.54 Å². The Bertz CT molecular complexity index is 541. The van der Waals surface area contributed by atoms with Crippen molar-refractivity contribution >= 4 is 11.5 Å². The quantitative estimate of drug-likeness (QED) is 0.564. The van der Waals surface area contributed by atoms with Gasteiger partial charge in [-0.05, 0) is 6.42 Å². The summed E-state index contributed by atoms with van der Waals surface area (Å²) in [6.07, 6.45) is -4.25. The van der Waals surface area contributed by atoms with E-state index < -0.39 is 30.3 Å². The van der Waals surface area contributed by atoms with Crippen LogP contribution in [0.4, 0.5) is 20.3 Å². The van der Waals surface area contributed by atoms with Crippen LogP contribution in [0.25, 0.3) is 0 Å². The number of nitrogen functional groups attached to an aromatic ring is 1. The summed E-state index contributed by atoms with van der Waals surface area (Å²) < 4.78 is 25.4. The fraction of sp³-hybridized carbons (Fsp3) is 0.600. The minimum atomic E-state index is -2.94. The number of hydrogen-bond donors (Lipinski definition) is 4. The summed E-state index contributed by atoms with van der Waals surface area (Å²) in [5.74, 6) is -0.142. The molecule has 0 amide bonds. The molecule has 5 N–H and O–H groups in total. The van der Waals surface area contributed by atoms with Crippen LogP contribution in [0.2, 0.25) is 0 Å². The summed E-state index contributed by atoms with van der Waals surface area (Å²) in [7, 11) is 0. The third kappa shape index (κ3) is 3.53. The number of aliphatic hydroxyl groups is 1. The average molecular weight is 278 g/mol. The smallest absolute Gasteiger partial charge is 0.330 e. The Morgan fingerprint density at radius 1 is 1.47 bits per heavy atom. The van der Waals surface area contributed by atoms with Crippen LogP contribution in [0.3, 0.4) is 0 Å². The summed E-state index contributed by atoms with van der Waals surface area (Å²) in [5, 5.41) is 11.3. The van der Waals surface area contributed by atoms with Gasteiger partial charge in [0.1, 0.15) is 17.6 Å². The molecule has 0 saturated carbocycles. The van der Waals surface area contributed by atoms with Crippen LogP contribution in [0.5, 0.6) is 0 Å². The number of aliphatic hydroxyl groups excluding tert-OH is 1. The van der Waals surface area contributed by atoms with Gasteiger partial charge in [0.15, 0.2) is 0 Å². The lowest BCUT2D eigenvalue weighted by molar-refractivity contribution is 0.00383. The number of aromatic nitrogens is 2. The molecule has 0 radical (unpaired) electrons. The van der Waals surface area contributed by atoms with Gasteiger partial charge in [0.25, 0.3) is 12.0 Å². The Morgan fingerprint density at radius 3 is 2.63 bits per heavy atom. The number of rotatable bonds is 6. The number of halogens is 2. The van der Waals surface area contributed by atoms with Crippen molar-refractivity contribution in [1.82, 2.24) is 9.55 Å². The molecule has 0 saturated heterocycles. The van der Waals surface area contributed by atoms with E-state index in [4.69, 9.17) is 10.8 Å². The Hall–Kier alpha value is -1.90. The first-order chi connectivity index (χ1) is 8.88. The molecule has 0 aliphatic carbocycles. The fourth-order valence-electron chi connectivity index (χ4n) is 1.50. The molecular formula is C10H16F2N4O3. The molecule has 19 heavy (non-hydrogen) atoms. The Kier molecular flexibility index (Phi) is 5.04. The van der Waals surface area contributed by atoms with Gasteiger partial charge in [0, 0.05) is 13.1 Å². The van der Waals surface area contributed by atoms with Gasteiger partial charge < -0.3 is 16.2 Å². The monoisotopic (exact) mass is 278 g/mol. The SMILES string of the molecule is CCCn1c(N)c(NCC(O)C(F)F)c(=O)[nH]c1=O. The van der Waals surface area contributed by atoms with Crippen LogP contribution in [0, 0.1) is 0 Å². The van der Waals surface area contributed by atoms with Crippen molar-refractivity contribution in [1.29, 1.82) is 0 Å². The first-order valence-electron chi connectivity index (χ1n) is 5.71. The van der Waals surface area contributed by atoms with Crippen LogP contribution in [0.1, 0.15) is 13.3 Å². The molecule has 1 atom stereocenters. The highest BCUT2D eigenvalue weighted by Gasteiger charge is 2.18. The number of aromatic amines is 1. The minimum Gasteiger partial charge on any atom is -0.385 e. The number of nitrogens with zero attached hydrogens (tertiary/aromatic N) is 1. The van der Waals surface area contributed by atoms with Gasteiger partial charge in [0.2, 0.25) is 0 Å². The van der Waals surface area contributed by atoms with E-state index in [-0.39, 0.29) is 18.1 Å². The summed E-state index contributed by atoms with van der Waals surface area (Å²) in [6.45, 7) is 1.55. The van der Waals surface area contributed by atoms with Gasteiger partial charge in [-0.25, -0.2) is 13.6 Å². The molecule has 9 heteroatoms. The largest absolute Gasteiger partial charge is 0.385 e. The topological polar surface area (TPSA) is 113 Å². The lowest BCUT2D eigenvalue weighted by Gasteiger charge is -2.15. The standard InChI is InChI=1S/C10H16F2N4O3/c1-2-3-16-8(13)6(9(18)15-10(16)19)14-4-5(17)7(11)12/h5,7,14,17H,2-4,13H2,1H3,(H,15,18,19).